The standard InChI is InChI=1S/C16H13BrFN3/c17-15-12(5-2-6-14(15)18)16(21-19)11-4-1-3-10-7-8-20-9-13(10)11/h1-9,16,21H,19H2. The quantitative estimate of drug-likeness (QED) is 0.562. The highest BCUT2D eigenvalue weighted by Gasteiger charge is 2.19. The molecule has 21 heavy (non-hydrogen) atoms. The van der Waals surface area contributed by atoms with Gasteiger partial charge in [-0.3, -0.25) is 10.8 Å². The number of fused-ring (bicyclic) bond motifs is 1. The minimum Gasteiger partial charge on any atom is -0.271 e. The molecule has 1 heterocycles. The first kappa shape index (κ1) is 14.1. The fourth-order valence-corrected chi connectivity index (χ4v) is 2.97. The predicted molar refractivity (Wildman–Crippen MR) is 85.0 cm³/mol. The number of halogens is 2. The van der Waals surface area contributed by atoms with Crippen LogP contribution in [-0.4, -0.2) is 4.98 Å². The number of hydrogen-bond acceptors (Lipinski definition) is 3. The third-order valence-corrected chi connectivity index (χ3v) is 4.32. The smallest absolute Gasteiger partial charge is 0.137 e. The Labute approximate surface area is 130 Å². The fourth-order valence-electron chi connectivity index (χ4n) is 2.48. The summed E-state index contributed by atoms with van der Waals surface area (Å²) >= 11 is 3.30. The molecule has 0 saturated carbocycles. The van der Waals surface area contributed by atoms with Crippen LogP contribution in [0.1, 0.15) is 17.2 Å². The van der Waals surface area contributed by atoms with E-state index in [-0.39, 0.29) is 11.9 Å². The van der Waals surface area contributed by atoms with Gasteiger partial charge in [-0.15, -0.1) is 0 Å². The maximum absolute atomic E-state index is 13.8. The van der Waals surface area contributed by atoms with Crippen molar-refractivity contribution in [1.82, 2.24) is 10.4 Å². The number of nitrogens with two attached hydrogens (primary N) is 1. The van der Waals surface area contributed by atoms with Gasteiger partial charge in [0.05, 0.1) is 10.5 Å². The van der Waals surface area contributed by atoms with Crippen molar-refractivity contribution >= 4 is 26.7 Å². The van der Waals surface area contributed by atoms with Crippen LogP contribution in [0.15, 0.2) is 59.3 Å². The summed E-state index contributed by atoms with van der Waals surface area (Å²) in [7, 11) is 0. The average Bonchev–Trinajstić information content (AvgIpc) is 2.52. The third-order valence-electron chi connectivity index (χ3n) is 3.49. The summed E-state index contributed by atoms with van der Waals surface area (Å²) in [4.78, 5) is 4.17. The summed E-state index contributed by atoms with van der Waals surface area (Å²) < 4.78 is 14.2. The van der Waals surface area contributed by atoms with E-state index in [1.807, 2.05) is 30.3 Å². The number of hydrazine groups is 1. The Morgan fingerprint density at radius 3 is 2.67 bits per heavy atom. The summed E-state index contributed by atoms with van der Waals surface area (Å²) in [5.41, 5.74) is 4.47. The van der Waals surface area contributed by atoms with E-state index in [9.17, 15) is 4.39 Å². The minimum atomic E-state index is -0.331. The van der Waals surface area contributed by atoms with E-state index in [1.54, 1.807) is 18.5 Å². The first-order valence-electron chi connectivity index (χ1n) is 6.45. The van der Waals surface area contributed by atoms with Gasteiger partial charge >= 0.3 is 0 Å². The van der Waals surface area contributed by atoms with Crippen LogP contribution in [-0.2, 0) is 0 Å². The molecule has 0 aliphatic rings. The highest BCUT2D eigenvalue weighted by molar-refractivity contribution is 9.10. The number of benzene rings is 2. The van der Waals surface area contributed by atoms with Gasteiger partial charge in [0.15, 0.2) is 0 Å². The van der Waals surface area contributed by atoms with E-state index in [2.05, 4.69) is 26.3 Å². The van der Waals surface area contributed by atoms with Crippen molar-refractivity contribution in [1.29, 1.82) is 0 Å². The van der Waals surface area contributed by atoms with E-state index >= 15 is 0 Å². The number of hydrogen-bond donors (Lipinski definition) is 2. The summed E-state index contributed by atoms with van der Waals surface area (Å²) in [5, 5.41) is 2.05. The van der Waals surface area contributed by atoms with Crippen molar-refractivity contribution in [2.75, 3.05) is 0 Å². The van der Waals surface area contributed by atoms with Crippen molar-refractivity contribution in [3.63, 3.8) is 0 Å². The molecule has 2 aromatic carbocycles. The summed E-state index contributed by atoms with van der Waals surface area (Å²) in [6, 6.07) is 12.5. The van der Waals surface area contributed by atoms with Crippen molar-refractivity contribution < 1.29 is 4.39 Å². The van der Waals surface area contributed by atoms with Gasteiger partial charge in [-0.2, -0.15) is 0 Å². The van der Waals surface area contributed by atoms with Crippen LogP contribution >= 0.6 is 15.9 Å². The van der Waals surface area contributed by atoms with Crippen LogP contribution in [0.25, 0.3) is 10.8 Å². The van der Waals surface area contributed by atoms with Gasteiger partial charge in [-0.25, -0.2) is 9.82 Å². The molecule has 3 nitrogen and oxygen atoms in total. The van der Waals surface area contributed by atoms with Gasteiger partial charge in [0.1, 0.15) is 5.82 Å². The maximum atomic E-state index is 13.8. The minimum absolute atomic E-state index is 0.314. The molecule has 0 bridgehead atoms. The van der Waals surface area contributed by atoms with Gasteiger partial charge in [0.2, 0.25) is 0 Å². The fraction of sp³-hybridized carbons (Fsp3) is 0.0625. The maximum Gasteiger partial charge on any atom is 0.137 e. The lowest BCUT2D eigenvalue weighted by atomic mass is 9.95. The van der Waals surface area contributed by atoms with Gasteiger partial charge in [-0.1, -0.05) is 30.3 Å². The zero-order chi connectivity index (χ0) is 14.8. The van der Waals surface area contributed by atoms with Gasteiger partial charge < -0.3 is 0 Å². The Balaban J connectivity index is 2.21. The van der Waals surface area contributed by atoms with E-state index < -0.39 is 0 Å². The van der Waals surface area contributed by atoms with E-state index in [1.165, 1.54) is 6.07 Å². The zero-order valence-corrected chi connectivity index (χ0v) is 12.6. The molecule has 1 aromatic heterocycles. The van der Waals surface area contributed by atoms with Crippen molar-refractivity contribution in [2.45, 2.75) is 6.04 Å². The molecule has 1 unspecified atom stereocenters. The third kappa shape index (κ3) is 2.55. The second-order valence-corrected chi connectivity index (χ2v) is 5.48. The molecule has 0 spiro atoms. The molecule has 5 heteroatoms. The Hall–Kier alpha value is -1.82. The van der Waals surface area contributed by atoms with Crippen molar-refractivity contribution in [3.05, 3.63) is 76.3 Å². The zero-order valence-electron chi connectivity index (χ0n) is 11.1. The SMILES string of the molecule is NNC(c1cccc(F)c1Br)c1cccc2ccncc12. The van der Waals surface area contributed by atoms with Gasteiger partial charge in [0.25, 0.3) is 0 Å². The van der Waals surface area contributed by atoms with Crippen LogP contribution in [0.4, 0.5) is 4.39 Å². The first-order valence-corrected chi connectivity index (χ1v) is 7.24. The molecule has 3 aromatic rings. The normalized spacial score (nSPS) is 12.5. The van der Waals surface area contributed by atoms with Crippen molar-refractivity contribution in [2.24, 2.45) is 5.84 Å². The van der Waals surface area contributed by atoms with Crippen LogP contribution in [0.2, 0.25) is 0 Å². The predicted octanol–water partition coefficient (Wildman–Crippen LogP) is 3.69. The van der Waals surface area contributed by atoms with Crippen LogP contribution in [0.3, 0.4) is 0 Å². The summed E-state index contributed by atoms with van der Waals surface area (Å²) in [6.07, 6.45) is 3.54. The number of nitrogens with zero attached hydrogens (tertiary/aromatic N) is 1. The molecular formula is C16H13BrFN3. The lowest BCUT2D eigenvalue weighted by Gasteiger charge is -2.20. The van der Waals surface area contributed by atoms with Gasteiger partial charge in [-0.05, 0) is 44.6 Å². The molecule has 0 aliphatic heterocycles. The molecule has 0 amide bonds. The molecule has 0 radical (unpaired) electrons. The molecule has 0 aliphatic carbocycles. The molecular weight excluding hydrogens is 333 g/mol. The Morgan fingerprint density at radius 1 is 1.10 bits per heavy atom. The number of nitrogens with one attached hydrogen (secondary N) is 1. The molecule has 106 valence electrons. The van der Waals surface area contributed by atoms with Crippen LogP contribution < -0.4 is 11.3 Å². The molecule has 0 fully saturated rings. The Kier molecular flexibility index (Phi) is 3.96. The van der Waals surface area contributed by atoms with Crippen LogP contribution in [0.5, 0.6) is 0 Å². The second-order valence-electron chi connectivity index (χ2n) is 4.69. The highest BCUT2D eigenvalue weighted by atomic mass is 79.9. The lowest BCUT2D eigenvalue weighted by molar-refractivity contribution is 0.598. The second kappa shape index (κ2) is 5.89. The van der Waals surface area contributed by atoms with Crippen molar-refractivity contribution in [3.8, 4) is 0 Å². The average molecular weight is 346 g/mol. The molecule has 3 N–H and O–H groups in total. The summed E-state index contributed by atoms with van der Waals surface area (Å²) in [5.74, 6) is 5.42. The van der Waals surface area contributed by atoms with E-state index in [0.717, 1.165) is 21.9 Å². The highest BCUT2D eigenvalue weighted by Crippen LogP contribution is 2.33. The molecule has 0 saturated heterocycles. The van der Waals surface area contributed by atoms with E-state index in [4.69, 9.17) is 5.84 Å². The monoisotopic (exact) mass is 345 g/mol. The molecule has 3 rings (SSSR count). The topological polar surface area (TPSA) is 50.9 Å². The number of pyridine rings is 1. The Morgan fingerprint density at radius 2 is 1.86 bits per heavy atom. The van der Waals surface area contributed by atoms with Gasteiger partial charge in [0, 0.05) is 17.8 Å². The Bertz CT molecular complexity index is 786. The lowest BCUT2D eigenvalue weighted by Crippen LogP contribution is -2.29. The number of rotatable bonds is 3. The largest absolute Gasteiger partial charge is 0.271 e. The molecule has 1 atom stereocenters. The summed E-state index contributed by atoms with van der Waals surface area (Å²) in [6.45, 7) is 0. The first-order chi connectivity index (χ1) is 10.2. The van der Waals surface area contributed by atoms with E-state index in [0.29, 0.717) is 4.47 Å². The van der Waals surface area contributed by atoms with Crippen LogP contribution in [0, 0.1) is 5.82 Å². The number of aromatic nitrogens is 1.